The third-order valence-electron chi connectivity index (χ3n) is 4.64. The molecule has 2 fully saturated rings. The molecule has 5 heteroatoms. The fourth-order valence-electron chi connectivity index (χ4n) is 3.48. The number of nitrogens with zero attached hydrogens (tertiary/aromatic N) is 3. The second kappa shape index (κ2) is 7.90. The van der Waals surface area contributed by atoms with Crippen LogP contribution in [0.15, 0.2) is 18.3 Å². The van der Waals surface area contributed by atoms with E-state index in [1.54, 1.807) is 7.11 Å². The van der Waals surface area contributed by atoms with Gasteiger partial charge in [-0.3, -0.25) is 9.80 Å². The van der Waals surface area contributed by atoms with Crippen LogP contribution in [0.4, 0.5) is 0 Å². The summed E-state index contributed by atoms with van der Waals surface area (Å²) < 4.78 is 10.6. The van der Waals surface area contributed by atoms with Crippen molar-refractivity contribution in [2.45, 2.75) is 19.4 Å². The van der Waals surface area contributed by atoms with Crippen LogP contribution in [0, 0.1) is 5.92 Å². The van der Waals surface area contributed by atoms with Crippen LogP contribution in [-0.4, -0.2) is 67.8 Å². The molecule has 2 aliphatic heterocycles. The van der Waals surface area contributed by atoms with Gasteiger partial charge in [-0.05, 0) is 30.9 Å². The van der Waals surface area contributed by atoms with Crippen molar-refractivity contribution < 1.29 is 9.47 Å². The van der Waals surface area contributed by atoms with Crippen molar-refractivity contribution in [2.24, 2.45) is 5.92 Å². The molecule has 1 atom stereocenters. The van der Waals surface area contributed by atoms with E-state index in [1.165, 1.54) is 38.0 Å². The van der Waals surface area contributed by atoms with E-state index in [0.29, 0.717) is 5.88 Å². The standard InChI is InChI=1S/C17H27N3O2/c1-21-17-5-4-15(11-18-17)12-20-6-2-3-16(14-20)13-19-7-9-22-10-8-19/h4-5,11,16H,2-3,6-10,12-14H2,1H3/t16-/m1/s1. The predicted molar refractivity (Wildman–Crippen MR) is 86.0 cm³/mol. The van der Waals surface area contributed by atoms with Gasteiger partial charge in [0, 0.05) is 45.0 Å². The highest BCUT2D eigenvalue weighted by atomic mass is 16.5. The van der Waals surface area contributed by atoms with Gasteiger partial charge in [0.1, 0.15) is 0 Å². The molecule has 2 aliphatic rings. The lowest BCUT2D eigenvalue weighted by atomic mass is 9.97. The van der Waals surface area contributed by atoms with E-state index < -0.39 is 0 Å². The summed E-state index contributed by atoms with van der Waals surface area (Å²) in [6, 6.07) is 4.07. The molecule has 0 aromatic carbocycles. The lowest BCUT2D eigenvalue weighted by Gasteiger charge is -2.36. The fourth-order valence-corrected chi connectivity index (χ4v) is 3.48. The second-order valence-electron chi connectivity index (χ2n) is 6.37. The summed E-state index contributed by atoms with van der Waals surface area (Å²) in [4.78, 5) is 9.43. The SMILES string of the molecule is COc1ccc(CN2CCC[C@H](CN3CCOCC3)C2)cn1. The highest BCUT2D eigenvalue weighted by Crippen LogP contribution is 2.20. The average Bonchev–Trinajstić information content (AvgIpc) is 2.57. The van der Waals surface area contributed by atoms with Gasteiger partial charge in [0.25, 0.3) is 0 Å². The molecule has 0 spiro atoms. The Labute approximate surface area is 133 Å². The normalized spacial score (nSPS) is 24.3. The predicted octanol–water partition coefficient (Wildman–Crippen LogP) is 1.63. The number of likely N-dealkylation sites (tertiary alicyclic amines) is 1. The third kappa shape index (κ3) is 4.41. The summed E-state index contributed by atoms with van der Waals surface area (Å²) in [6.45, 7) is 8.60. The first-order valence-corrected chi connectivity index (χ1v) is 8.35. The Balaban J connectivity index is 1.49. The van der Waals surface area contributed by atoms with Crippen molar-refractivity contribution in [3.63, 3.8) is 0 Å². The first kappa shape index (κ1) is 15.7. The minimum Gasteiger partial charge on any atom is -0.481 e. The van der Waals surface area contributed by atoms with E-state index in [4.69, 9.17) is 9.47 Å². The van der Waals surface area contributed by atoms with E-state index in [1.807, 2.05) is 12.3 Å². The molecule has 3 heterocycles. The summed E-state index contributed by atoms with van der Waals surface area (Å²) in [5.41, 5.74) is 1.27. The molecule has 0 N–H and O–H groups in total. The van der Waals surface area contributed by atoms with Gasteiger partial charge in [-0.15, -0.1) is 0 Å². The van der Waals surface area contributed by atoms with Crippen molar-refractivity contribution >= 4 is 0 Å². The maximum Gasteiger partial charge on any atom is 0.212 e. The minimum absolute atomic E-state index is 0.688. The first-order chi connectivity index (χ1) is 10.8. The molecule has 1 aromatic rings. The number of rotatable bonds is 5. The molecule has 0 bridgehead atoms. The van der Waals surface area contributed by atoms with Gasteiger partial charge in [0.15, 0.2) is 0 Å². The lowest BCUT2D eigenvalue weighted by molar-refractivity contribution is 0.0224. The zero-order valence-corrected chi connectivity index (χ0v) is 13.5. The number of hydrogen-bond donors (Lipinski definition) is 0. The molecule has 0 aliphatic carbocycles. The van der Waals surface area contributed by atoms with Crippen LogP contribution in [0.5, 0.6) is 5.88 Å². The van der Waals surface area contributed by atoms with Crippen molar-refractivity contribution in [1.29, 1.82) is 0 Å². The van der Waals surface area contributed by atoms with Crippen molar-refractivity contribution in [2.75, 3.05) is 53.0 Å². The summed E-state index contributed by atoms with van der Waals surface area (Å²) in [5, 5.41) is 0. The number of ether oxygens (including phenoxy) is 2. The van der Waals surface area contributed by atoms with Crippen molar-refractivity contribution in [1.82, 2.24) is 14.8 Å². The number of pyridine rings is 1. The van der Waals surface area contributed by atoms with Gasteiger partial charge < -0.3 is 9.47 Å². The van der Waals surface area contributed by atoms with Crippen LogP contribution >= 0.6 is 0 Å². The first-order valence-electron chi connectivity index (χ1n) is 8.35. The number of hydrogen-bond acceptors (Lipinski definition) is 5. The minimum atomic E-state index is 0.688. The maximum absolute atomic E-state index is 5.44. The molecule has 0 radical (unpaired) electrons. The monoisotopic (exact) mass is 305 g/mol. The largest absolute Gasteiger partial charge is 0.481 e. The van der Waals surface area contributed by atoms with Crippen LogP contribution in [0.3, 0.4) is 0 Å². The number of morpholine rings is 1. The van der Waals surface area contributed by atoms with Gasteiger partial charge in [-0.2, -0.15) is 0 Å². The zero-order chi connectivity index (χ0) is 15.2. The fraction of sp³-hybridized carbons (Fsp3) is 0.706. The Morgan fingerprint density at radius 3 is 2.82 bits per heavy atom. The Bertz CT molecular complexity index is 446. The maximum atomic E-state index is 5.44. The summed E-state index contributed by atoms with van der Waals surface area (Å²) >= 11 is 0. The van der Waals surface area contributed by atoms with E-state index >= 15 is 0 Å². The van der Waals surface area contributed by atoms with Gasteiger partial charge in [-0.1, -0.05) is 6.07 Å². The van der Waals surface area contributed by atoms with E-state index in [9.17, 15) is 0 Å². The van der Waals surface area contributed by atoms with Crippen LogP contribution in [0.2, 0.25) is 0 Å². The quantitative estimate of drug-likeness (QED) is 0.827. The molecule has 3 rings (SSSR count). The highest BCUT2D eigenvalue weighted by Gasteiger charge is 2.23. The van der Waals surface area contributed by atoms with Crippen molar-refractivity contribution in [3.8, 4) is 5.88 Å². The van der Waals surface area contributed by atoms with Gasteiger partial charge in [0.05, 0.1) is 20.3 Å². The van der Waals surface area contributed by atoms with Gasteiger partial charge in [0.2, 0.25) is 5.88 Å². The van der Waals surface area contributed by atoms with Crippen LogP contribution in [-0.2, 0) is 11.3 Å². The molecule has 122 valence electrons. The number of methoxy groups -OCH3 is 1. The summed E-state index contributed by atoms with van der Waals surface area (Å²) in [5.74, 6) is 1.48. The molecule has 2 saturated heterocycles. The van der Waals surface area contributed by atoms with E-state index in [0.717, 1.165) is 38.8 Å². The molecular weight excluding hydrogens is 278 g/mol. The Hall–Kier alpha value is -1.17. The van der Waals surface area contributed by atoms with Gasteiger partial charge in [-0.25, -0.2) is 4.98 Å². The lowest BCUT2D eigenvalue weighted by Crippen LogP contribution is -2.44. The Morgan fingerprint density at radius 1 is 1.23 bits per heavy atom. The van der Waals surface area contributed by atoms with Crippen LogP contribution in [0.1, 0.15) is 18.4 Å². The third-order valence-corrected chi connectivity index (χ3v) is 4.64. The molecular formula is C17H27N3O2. The zero-order valence-electron chi connectivity index (χ0n) is 13.5. The molecule has 0 amide bonds. The molecule has 0 unspecified atom stereocenters. The van der Waals surface area contributed by atoms with Gasteiger partial charge >= 0.3 is 0 Å². The summed E-state index contributed by atoms with van der Waals surface area (Å²) in [6.07, 6.45) is 4.59. The Kier molecular flexibility index (Phi) is 5.64. The van der Waals surface area contributed by atoms with Crippen LogP contribution in [0.25, 0.3) is 0 Å². The molecule has 5 nitrogen and oxygen atoms in total. The van der Waals surface area contributed by atoms with Crippen molar-refractivity contribution in [3.05, 3.63) is 23.9 Å². The molecule has 1 aromatic heterocycles. The topological polar surface area (TPSA) is 37.8 Å². The van der Waals surface area contributed by atoms with E-state index in [-0.39, 0.29) is 0 Å². The highest BCUT2D eigenvalue weighted by molar-refractivity contribution is 5.17. The second-order valence-corrected chi connectivity index (χ2v) is 6.37. The smallest absolute Gasteiger partial charge is 0.212 e. The number of piperidine rings is 1. The Morgan fingerprint density at radius 2 is 2.09 bits per heavy atom. The van der Waals surface area contributed by atoms with E-state index in [2.05, 4.69) is 20.9 Å². The molecule has 0 saturated carbocycles. The van der Waals surface area contributed by atoms with Crippen LogP contribution < -0.4 is 4.74 Å². The average molecular weight is 305 g/mol. The summed E-state index contributed by atoms with van der Waals surface area (Å²) in [7, 11) is 1.66. The molecule has 22 heavy (non-hydrogen) atoms. The number of aromatic nitrogens is 1.